The van der Waals surface area contributed by atoms with E-state index in [1.54, 1.807) is 0 Å². The highest BCUT2D eigenvalue weighted by atomic mass is 32.3. The van der Waals surface area contributed by atoms with E-state index in [0.717, 1.165) is 42.7 Å². The molecule has 54 heteroatoms. The Morgan fingerprint density at radius 3 is 0.894 bits per heavy atom. The first-order chi connectivity index (χ1) is 43.2. The molecule has 0 aromatic heterocycles. The Hall–Kier alpha value is -2.57. The molecule has 0 aliphatic carbocycles. The van der Waals surface area contributed by atoms with Gasteiger partial charge in [-0.2, -0.15) is 58.9 Å². The molecule has 0 amide bonds. The third kappa shape index (κ3) is 22.7. The zero-order valence-corrected chi connectivity index (χ0v) is 55.1. The van der Waals surface area contributed by atoms with Crippen LogP contribution in [0.3, 0.4) is 0 Å². The lowest BCUT2D eigenvalue weighted by Gasteiger charge is -2.51. The standard InChI is InChI=1S/C40H68O47S7/c1-66-17-14(9-11-88(45,46)47)75-37(29(70-5)20(17)67-2)80-23-21(68-3)30(71-6)38(82-27(23)34(41)42)78-18-15(10-12-89(48,49)50)76-40(33(87-94(63,64)65)25(18)84-91(54,55)56)81-24-22(69-4)31(72-7)39(83-28(24)35(43)44)79-19-16(13-74-90(51,52)53)77-36(73-8)32(86-93(60,61)62)26(19)85-92(57,58)59/h14-33,36-40H,9-13H2,1-8H3,(H,41,42)(H,43,44)(H,45,46,47)(H,48,49,50)(H,51,52,53)(H,54,55,56)(H,57,58,59)(H,60,61,62)(H,63,64,65)/t14-,15-,16-,17-,18-,19-,20+,21+,22+,23+,24+,25+,26+,27+,28-,29-,30-,31-,32-,33-,36+,37-,38-,39-,40-/m1/s1. The highest BCUT2D eigenvalue weighted by molar-refractivity contribution is 7.86. The molecule has 47 nitrogen and oxygen atoms in total. The van der Waals surface area contributed by atoms with Gasteiger partial charge in [0.2, 0.25) is 0 Å². The summed E-state index contributed by atoms with van der Waals surface area (Å²) in [6.45, 7) is -1.53. The van der Waals surface area contributed by atoms with Crippen molar-refractivity contribution in [3.05, 3.63) is 0 Å². The zero-order chi connectivity index (χ0) is 71.2. The van der Waals surface area contributed by atoms with Crippen molar-refractivity contribution in [1.82, 2.24) is 0 Å². The summed E-state index contributed by atoms with van der Waals surface area (Å²) in [5, 5.41) is 21.5. The molecular formula is C40H68O47S7. The van der Waals surface area contributed by atoms with Gasteiger partial charge in [-0.25, -0.2) is 30.5 Å². The van der Waals surface area contributed by atoms with Gasteiger partial charge in [-0.15, -0.1) is 0 Å². The van der Waals surface area contributed by atoms with Crippen molar-refractivity contribution in [3.63, 3.8) is 0 Å². The average Bonchev–Trinajstić information content (AvgIpc) is 0.763. The lowest BCUT2D eigenvalue weighted by atomic mass is 9.94. The maximum Gasteiger partial charge on any atom is 0.397 e. The lowest BCUT2D eigenvalue weighted by molar-refractivity contribution is -0.387. The summed E-state index contributed by atoms with van der Waals surface area (Å²) in [5.74, 6) is -6.62. The van der Waals surface area contributed by atoms with Crippen molar-refractivity contribution in [3.8, 4) is 0 Å². The number of carboxylic acid groups (broad SMARTS) is 2. The molecule has 0 radical (unpaired) electrons. The summed E-state index contributed by atoms with van der Waals surface area (Å²) in [6.07, 6.45) is -58.7. The van der Waals surface area contributed by atoms with Crippen LogP contribution in [0, 0.1) is 0 Å². The van der Waals surface area contributed by atoms with Crippen LogP contribution in [0.5, 0.6) is 0 Å². The number of carbonyl (C=O) groups is 2. The Morgan fingerprint density at radius 1 is 0.309 bits per heavy atom. The van der Waals surface area contributed by atoms with Gasteiger partial charge in [-0.1, -0.05) is 0 Å². The lowest BCUT2D eigenvalue weighted by Crippen LogP contribution is -2.69. The Kier molecular flexibility index (Phi) is 29.1. The summed E-state index contributed by atoms with van der Waals surface area (Å²) in [6, 6.07) is 0. The van der Waals surface area contributed by atoms with Crippen molar-refractivity contribution in [1.29, 1.82) is 0 Å². The molecule has 5 fully saturated rings. The second-order valence-corrected chi connectivity index (χ2v) is 28.4. The molecule has 25 atom stereocenters. The predicted octanol–water partition coefficient (Wildman–Crippen LogP) is -6.80. The molecule has 0 aromatic carbocycles. The highest BCUT2D eigenvalue weighted by Crippen LogP contribution is 2.42. The quantitative estimate of drug-likeness (QED) is 0.0266. The summed E-state index contributed by atoms with van der Waals surface area (Å²) >= 11 is 0. The van der Waals surface area contributed by atoms with E-state index >= 15 is 0 Å². The van der Waals surface area contributed by atoms with Crippen LogP contribution in [0.1, 0.15) is 12.8 Å². The van der Waals surface area contributed by atoms with Gasteiger partial charge < -0.3 is 90.7 Å². The van der Waals surface area contributed by atoms with Gasteiger partial charge in [0.1, 0.15) is 85.5 Å². The molecule has 0 saturated carbocycles. The van der Waals surface area contributed by atoms with E-state index in [9.17, 15) is 111 Å². The van der Waals surface area contributed by atoms with Crippen molar-refractivity contribution in [2.45, 2.75) is 166 Å². The van der Waals surface area contributed by atoms with Crippen LogP contribution in [0.4, 0.5) is 0 Å². The molecule has 5 rings (SSSR count). The van der Waals surface area contributed by atoms with E-state index in [2.05, 4.69) is 12.5 Å². The van der Waals surface area contributed by atoms with Gasteiger partial charge in [-0.05, 0) is 12.8 Å². The first-order valence-electron chi connectivity index (χ1n) is 26.0. The van der Waals surface area contributed by atoms with Gasteiger partial charge in [0.05, 0.1) is 30.3 Å². The minimum atomic E-state index is -6.15. The van der Waals surface area contributed by atoms with Gasteiger partial charge >= 0.3 is 63.9 Å². The summed E-state index contributed by atoms with van der Waals surface area (Å²) < 4.78 is 360. The zero-order valence-electron chi connectivity index (χ0n) is 49.4. The second kappa shape index (κ2) is 33.3. The maximum absolute atomic E-state index is 13.3. The monoisotopic (exact) mass is 1520 g/mol. The van der Waals surface area contributed by atoms with Crippen molar-refractivity contribution >= 4 is 84.2 Å². The molecule has 0 spiro atoms. The predicted molar refractivity (Wildman–Crippen MR) is 286 cm³/mol. The number of aliphatic carboxylic acids is 2. The minimum Gasteiger partial charge on any atom is -0.479 e. The Labute approximate surface area is 535 Å². The Morgan fingerprint density at radius 2 is 0.585 bits per heavy atom. The third-order valence-corrected chi connectivity index (χ3v) is 18.0. The van der Waals surface area contributed by atoms with Crippen LogP contribution >= 0.6 is 0 Å². The van der Waals surface area contributed by atoms with Crippen LogP contribution in [0.2, 0.25) is 0 Å². The van der Waals surface area contributed by atoms with E-state index in [1.165, 1.54) is 14.2 Å². The first-order valence-corrected chi connectivity index (χ1v) is 36.0. The van der Waals surface area contributed by atoms with E-state index in [4.69, 9.17) is 88.9 Å². The minimum absolute atomic E-state index is 0.506. The largest absolute Gasteiger partial charge is 0.479 e. The first kappa shape index (κ1) is 82.1. The second-order valence-electron chi connectivity index (χ2n) is 20.0. The number of hydrogen-bond acceptors (Lipinski definition) is 38. The molecule has 9 N–H and O–H groups in total. The molecule has 0 bridgehead atoms. The van der Waals surface area contributed by atoms with E-state index in [-0.39, 0.29) is 0 Å². The van der Waals surface area contributed by atoms with Crippen molar-refractivity contribution in [2.24, 2.45) is 0 Å². The van der Waals surface area contributed by atoms with E-state index in [0.29, 0.717) is 0 Å². The van der Waals surface area contributed by atoms with Crippen molar-refractivity contribution in [2.75, 3.05) is 75.0 Å². The summed E-state index contributed by atoms with van der Waals surface area (Å²) in [4.78, 5) is 26.6. The third-order valence-electron chi connectivity index (χ3n) is 14.2. The summed E-state index contributed by atoms with van der Waals surface area (Å²) in [7, 11) is -32.0. The van der Waals surface area contributed by atoms with Crippen LogP contribution in [0.25, 0.3) is 0 Å². The fraction of sp³-hybridized carbons (Fsp3) is 0.950. The van der Waals surface area contributed by atoms with Crippen LogP contribution in [-0.2, 0) is 183 Å². The fourth-order valence-electron chi connectivity index (χ4n) is 10.6. The number of ether oxygens (including phenoxy) is 17. The molecule has 552 valence electrons. The van der Waals surface area contributed by atoms with Crippen molar-refractivity contribution < 1.29 is 212 Å². The molecular weight excluding hydrogens is 1460 g/mol. The number of hydrogen-bond donors (Lipinski definition) is 9. The van der Waals surface area contributed by atoms with Gasteiger partial charge in [0.15, 0.2) is 55.9 Å². The maximum atomic E-state index is 13.3. The number of methoxy groups -OCH3 is 8. The molecule has 5 heterocycles. The normalized spacial score (nSPS) is 37.6. The number of carboxylic acids is 2. The Bertz CT molecular complexity index is 3340. The summed E-state index contributed by atoms with van der Waals surface area (Å²) in [5.41, 5.74) is 0. The van der Waals surface area contributed by atoms with Crippen LogP contribution in [-0.4, -0.2) is 341 Å². The molecule has 5 aliphatic rings. The molecule has 0 unspecified atom stereocenters. The fourth-order valence-corrected chi connectivity index (χ4v) is 14.0. The molecule has 0 aromatic rings. The Balaban J connectivity index is 1.63. The highest BCUT2D eigenvalue weighted by Gasteiger charge is 2.62. The molecule has 5 saturated heterocycles. The van der Waals surface area contributed by atoms with Crippen LogP contribution < -0.4 is 0 Å². The number of rotatable bonds is 35. The topological polar surface area (TPSA) is 658 Å². The van der Waals surface area contributed by atoms with E-state index < -0.39 is 269 Å². The molecule has 5 aliphatic heterocycles. The molecule has 94 heavy (non-hydrogen) atoms. The smallest absolute Gasteiger partial charge is 0.397 e. The van der Waals surface area contributed by atoms with E-state index in [1.807, 2.05) is 0 Å². The SMILES string of the molecule is CO[C@H]1O[C@H](COS(=O)(=O)O)[C@@H](O[C@@H]2O[C@@H](C(=O)O)[C@@H](O[C@H]3O[C@H](CCS(=O)(=O)O)[C@@H](O[C@@H]4O[C@H](C(=O)O)[C@@H](O[C@H]5O[C@H](CCS(=O)(=O)O)[C@@H](OC)[C@H](OC)[C@H]5OC)[C@H](OC)[C@H]4OC)[C@H](OS(=O)(=O)O)[C@H]3OS(=O)(=O)O)[C@H](OC)[C@H]2OC)[C@H](OS(=O)(=O)O)[C@H]1OS(=O)(=O)O. The van der Waals surface area contributed by atoms with Gasteiger partial charge in [0.25, 0.3) is 20.2 Å². The average molecular weight is 1530 g/mol. The van der Waals surface area contributed by atoms with Crippen LogP contribution in [0.15, 0.2) is 0 Å². The van der Waals surface area contributed by atoms with Gasteiger partial charge in [0, 0.05) is 56.9 Å². The van der Waals surface area contributed by atoms with Gasteiger partial charge in [-0.3, -0.25) is 31.9 Å².